The summed E-state index contributed by atoms with van der Waals surface area (Å²) >= 11 is 0. The summed E-state index contributed by atoms with van der Waals surface area (Å²) in [6.45, 7) is 2.04. The lowest BCUT2D eigenvalue weighted by Gasteiger charge is -2.21. The van der Waals surface area contributed by atoms with E-state index < -0.39 is 10.0 Å². The third-order valence-electron chi connectivity index (χ3n) is 6.41. The number of likely N-dealkylation sites (tertiary alicyclic amines) is 1. The number of carbonyl (C=O) groups is 2. The van der Waals surface area contributed by atoms with Crippen LogP contribution in [0.3, 0.4) is 0 Å². The van der Waals surface area contributed by atoms with Gasteiger partial charge in [-0.1, -0.05) is 0 Å². The van der Waals surface area contributed by atoms with Gasteiger partial charge in [-0.3, -0.25) is 9.59 Å². The summed E-state index contributed by atoms with van der Waals surface area (Å²) in [4.78, 5) is 28.3. The molecule has 0 saturated carbocycles. The molecule has 0 atom stereocenters. The van der Waals surface area contributed by atoms with Crippen molar-refractivity contribution in [3.63, 3.8) is 0 Å². The van der Waals surface area contributed by atoms with Crippen LogP contribution < -0.4 is 9.64 Å². The standard InChI is InChI=1S/C23H25N3O5S/c1-24-20-6-5-19(13-17(20)14-22(24)27)32(29,30)26-10-11-31-21-7-4-16(12-18(21)15-26)23(28)25-8-2-3-9-25/h4-7,12-13H,2-3,8-11,14-15H2,1H3. The summed E-state index contributed by atoms with van der Waals surface area (Å²) in [5.74, 6) is 0.514. The number of anilines is 1. The molecule has 0 radical (unpaired) electrons. The Labute approximate surface area is 187 Å². The van der Waals surface area contributed by atoms with Crippen molar-refractivity contribution in [1.82, 2.24) is 9.21 Å². The van der Waals surface area contributed by atoms with E-state index in [-0.39, 0.29) is 42.8 Å². The zero-order chi connectivity index (χ0) is 22.5. The van der Waals surface area contributed by atoms with Crippen molar-refractivity contribution in [1.29, 1.82) is 0 Å². The number of benzene rings is 2. The molecule has 3 heterocycles. The summed E-state index contributed by atoms with van der Waals surface area (Å²) in [6, 6.07) is 10.1. The zero-order valence-corrected chi connectivity index (χ0v) is 18.7. The van der Waals surface area contributed by atoms with E-state index >= 15 is 0 Å². The fraction of sp³-hybridized carbons (Fsp3) is 0.391. The Hall–Kier alpha value is -2.91. The van der Waals surface area contributed by atoms with Crippen LogP contribution in [0.1, 0.15) is 34.3 Å². The lowest BCUT2D eigenvalue weighted by atomic mass is 10.1. The Morgan fingerprint density at radius 3 is 2.56 bits per heavy atom. The minimum absolute atomic E-state index is 0.0311. The average Bonchev–Trinajstić information content (AvgIpc) is 3.35. The minimum Gasteiger partial charge on any atom is -0.492 e. The molecule has 2 amide bonds. The molecule has 2 aromatic carbocycles. The maximum absolute atomic E-state index is 13.4. The van der Waals surface area contributed by atoms with Crippen molar-refractivity contribution < 1.29 is 22.7 Å². The van der Waals surface area contributed by atoms with E-state index in [9.17, 15) is 18.0 Å². The maximum Gasteiger partial charge on any atom is 0.253 e. The van der Waals surface area contributed by atoms with E-state index in [1.807, 2.05) is 4.90 Å². The van der Waals surface area contributed by atoms with Crippen LogP contribution in [-0.2, 0) is 27.8 Å². The molecule has 1 saturated heterocycles. The smallest absolute Gasteiger partial charge is 0.253 e. The third kappa shape index (κ3) is 3.55. The van der Waals surface area contributed by atoms with Gasteiger partial charge in [0.2, 0.25) is 15.9 Å². The molecule has 168 valence electrons. The molecular formula is C23H25N3O5S. The lowest BCUT2D eigenvalue weighted by molar-refractivity contribution is -0.117. The van der Waals surface area contributed by atoms with Gasteiger partial charge < -0.3 is 14.5 Å². The Bertz CT molecular complexity index is 1200. The van der Waals surface area contributed by atoms with Gasteiger partial charge in [-0.2, -0.15) is 4.31 Å². The van der Waals surface area contributed by atoms with Gasteiger partial charge in [-0.05, 0) is 54.8 Å². The Morgan fingerprint density at radius 2 is 1.78 bits per heavy atom. The summed E-state index contributed by atoms with van der Waals surface area (Å²) < 4.78 is 34.0. The first-order valence-corrected chi connectivity index (χ1v) is 12.2. The molecule has 0 N–H and O–H groups in total. The molecule has 2 aromatic rings. The fourth-order valence-corrected chi connectivity index (χ4v) is 6.02. The summed E-state index contributed by atoms with van der Waals surface area (Å²) in [6.07, 6.45) is 2.21. The van der Waals surface area contributed by atoms with Crippen molar-refractivity contribution in [3.8, 4) is 5.75 Å². The van der Waals surface area contributed by atoms with E-state index in [0.717, 1.165) is 31.6 Å². The Kier molecular flexibility index (Phi) is 5.17. The summed E-state index contributed by atoms with van der Waals surface area (Å²) in [7, 11) is -2.12. The molecule has 3 aliphatic rings. The van der Waals surface area contributed by atoms with Crippen molar-refractivity contribution in [3.05, 3.63) is 53.1 Å². The van der Waals surface area contributed by atoms with Gasteiger partial charge in [0.1, 0.15) is 12.4 Å². The van der Waals surface area contributed by atoms with E-state index in [0.29, 0.717) is 22.4 Å². The monoisotopic (exact) mass is 455 g/mol. The summed E-state index contributed by atoms with van der Waals surface area (Å²) in [5, 5.41) is 0. The number of carbonyl (C=O) groups excluding carboxylic acids is 2. The predicted molar refractivity (Wildman–Crippen MR) is 118 cm³/mol. The minimum atomic E-state index is -3.81. The number of fused-ring (bicyclic) bond motifs is 2. The summed E-state index contributed by atoms with van der Waals surface area (Å²) in [5.41, 5.74) is 2.67. The molecule has 0 bridgehead atoms. The quantitative estimate of drug-likeness (QED) is 0.707. The number of nitrogens with zero attached hydrogens (tertiary/aromatic N) is 3. The number of sulfonamides is 1. The number of hydrogen-bond acceptors (Lipinski definition) is 5. The second-order valence-electron chi connectivity index (χ2n) is 8.43. The van der Waals surface area contributed by atoms with E-state index in [2.05, 4.69) is 0 Å². The van der Waals surface area contributed by atoms with Gasteiger partial charge in [0, 0.05) is 50.0 Å². The van der Waals surface area contributed by atoms with Crippen LogP contribution >= 0.6 is 0 Å². The molecule has 0 aromatic heterocycles. The molecule has 1 fully saturated rings. The van der Waals surface area contributed by atoms with Gasteiger partial charge >= 0.3 is 0 Å². The first-order chi connectivity index (χ1) is 15.3. The van der Waals surface area contributed by atoms with Gasteiger partial charge in [-0.15, -0.1) is 0 Å². The molecule has 0 aliphatic carbocycles. The second kappa shape index (κ2) is 7.90. The number of ether oxygens (including phenoxy) is 1. The topological polar surface area (TPSA) is 87.2 Å². The first kappa shape index (κ1) is 21.0. The third-order valence-corrected chi connectivity index (χ3v) is 8.25. The maximum atomic E-state index is 13.4. The van der Waals surface area contributed by atoms with E-state index in [1.165, 1.54) is 4.31 Å². The first-order valence-electron chi connectivity index (χ1n) is 10.8. The van der Waals surface area contributed by atoms with Crippen LogP contribution in [0.15, 0.2) is 41.3 Å². The number of hydrogen-bond donors (Lipinski definition) is 0. The van der Waals surface area contributed by atoms with Crippen molar-refractivity contribution >= 4 is 27.5 Å². The van der Waals surface area contributed by atoms with Crippen LogP contribution in [-0.4, -0.2) is 62.7 Å². The van der Waals surface area contributed by atoms with Gasteiger partial charge in [0.05, 0.1) is 11.3 Å². The van der Waals surface area contributed by atoms with Gasteiger partial charge in [0.25, 0.3) is 5.91 Å². The van der Waals surface area contributed by atoms with Crippen molar-refractivity contribution in [2.45, 2.75) is 30.7 Å². The molecule has 5 rings (SSSR count). The van der Waals surface area contributed by atoms with Crippen LogP contribution in [0, 0.1) is 0 Å². The fourth-order valence-electron chi connectivity index (χ4n) is 4.57. The number of rotatable bonds is 3. The molecule has 8 nitrogen and oxygen atoms in total. The van der Waals surface area contributed by atoms with Gasteiger partial charge in [-0.25, -0.2) is 8.42 Å². The highest BCUT2D eigenvalue weighted by Gasteiger charge is 2.31. The van der Waals surface area contributed by atoms with Crippen LogP contribution in [0.25, 0.3) is 0 Å². The van der Waals surface area contributed by atoms with Crippen LogP contribution in [0.2, 0.25) is 0 Å². The average molecular weight is 456 g/mol. The Balaban J connectivity index is 1.43. The highest BCUT2D eigenvalue weighted by Crippen LogP contribution is 2.32. The lowest BCUT2D eigenvalue weighted by Crippen LogP contribution is -2.32. The molecule has 32 heavy (non-hydrogen) atoms. The predicted octanol–water partition coefficient (Wildman–Crippen LogP) is 2.02. The van der Waals surface area contributed by atoms with Crippen LogP contribution in [0.5, 0.6) is 5.75 Å². The highest BCUT2D eigenvalue weighted by atomic mass is 32.2. The number of amides is 2. The van der Waals surface area contributed by atoms with Crippen molar-refractivity contribution in [2.75, 3.05) is 38.2 Å². The molecule has 9 heteroatoms. The zero-order valence-electron chi connectivity index (χ0n) is 17.9. The SMILES string of the molecule is CN1C(=O)Cc2cc(S(=O)(=O)N3CCOc4ccc(C(=O)N5CCCC5)cc4C3)ccc21. The molecular weight excluding hydrogens is 430 g/mol. The largest absolute Gasteiger partial charge is 0.492 e. The normalized spacial score (nSPS) is 18.8. The number of likely N-dealkylation sites (N-methyl/N-ethyl adjacent to an activating group) is 1. The highest BCUT2D eigenvalue weighted by molar-refractivity contribution is 7.89. The van der Waals surface area contributed by atoms with Crippen molar-refractivity contribution in [2.24, 2.45) is 0 Å². The molecule has 0 unspecified atom stereocenters. The van der Waals surface area contributed by atoms with E-state index in [1.54, 1.807) is 48.3 Å². The molecule has 0 spiro atoms. The van der Waals surface area contributed by atoms with Gasteiger partial charge in [0.15, 0.2) is 0 Å². The van der Waals surface area contributed by atoms with E-state index in [4.69, 9.17) is 4.74 Å². The van der Waals surface area contributed by atoms with Crippen LogP contribution in [0.4, 0.5) is 5.69 Å². The molecule has 3 aliphatic heterocycles. The Morgan fingerprint density at radius 1 is 1.00 bits per heavy atom. The second-order valence-corrected chi connectivity index (χ2v) is 10.4.